The molecule has 0 aliphatic rings. The molecule has 0 unspecified atom stereocenters. The molecule has 0 aliphatic carbocycles. The molecule has 12 heteroatoms. The zero-order valence-electron chi connectivity index (χ0n) is 14.2. The van der Waals surface area contributed by atoms with E-state index < -0.39 is 26.5 Å². The van der Waals surface area contributed by atoms with Gasteiger partial charge in [-0.05, 0) is 29.7 Å². The van der Waals surface area contributed by atoms with Crippen LogP contribution in [0.4, 0.5) is 11.4 Å². The van der Waals surface area contributed by atoms with Gasteiger partial charge in [-0.1, -0.05) is 47.4 Å². The molecule has 0 saturated heterocycles. The summed E-state index contributed by atoms with van der Waals surface area (Å²) in [6.45, 7) is 0. The van der Waals surface area contributed by atoms with Gasteiger partial charge < -0.3 is 20.2 Å². The van der Waals surface area contributed by atoms with E-state index in [1.54, 1.807) is 0 Å². The normalized spacial score (nSPS) is 10.8. The Morgan fingerprint density at radius 1 is 0.893 bits per heavy atom. The molecule has 0 heterocycles. The molecule has 0 spiro atoms. The Morgan fingerprint density at radius 2 is 1.54 bits per heavy atom. The molecule has 3 aromatic carbocycles. The number of nitrogens with zero attached hydrogens (tertiary/aromatic N) is 2. The van der Waals surface area contributed by atoms with Gasteiger partial charge in [-0.25, -0.2) is 8.42 Å². The molecule has 1 N–H and O–H groups in total. The van der Waals surface area contributed by atoms with Crippen LogP contribution >= 0.6 is 11.6 Å². The van der Waals surface area contributed by atoms with E-state index in [-0.39, 0.29) is 63.8 Å². The SMILES string of the molecule is O=S(=O)([O-])c1ccc2c(N=Nc3cc(Cl)ccc3[O-])c([O-])ccc2c1.[Cr+3].[Na+].[OH-]. The maximum atomic E-state index is 12.1. The van der Waals surface area contributed by atoms with Crippen molar-refractivity contribution in [1.29, 1.82) is 0 Å². The van der Waals surface area contributed by atoms with Crippen molar-refractivity contribution >= 4 is 43.9 Å². The quantitative estimate of drug-likeness (QED) is 0.294. The second-order valence-electron chi connectivity index (χ2n) is 5.06. The van der Waals surface area contributed by atoms with E-state index in [0.717, 1.165) is 12.1 Å². The van der Waals surface area contributed by atoms with Crippen LogP contribution in [0.3, 0.4) is 0 Å². The van der Waals surface area contributed by atoms with Gasteiger partial charge in [0.05, 0.1) is 16.3 Å². The molecule has 0 aliphatic heterocycles. The third-order valence-corrected chi connectivity index (χ3v) is 4.46. The summed E-state index contributed by atoms with van der Waals surface area (Å²) in [7, 11) is -4.62. The molecule has 0 bridgehead atoms. The number of halogens is 1. The van der Waals surface area contributed by atoms with E-state index in [1.165, 1.54) is 36.4 Å². The van der Waals surface area contributed by atoms with E-state index >= 15 is 0 Å². The number of rotatable bonds is 3. The molecule has 0 aromatic heterocycles. The third-order valence-electron chi connectivity index (χ3n) is 3.39. The summed E-state index contributed by atoms with van der Waals surface area (Å²) in [5, 5.41) is 32.3. The minimum Gasteiger partial charge on any atom is -0.871 e. The minimum atomic E-state index is -4.62. The molecular formula is C16H9ClCrN2NaO6S. The van der Waals surface area contributed by atoms with Crippen LogP contribution in [0.25, 0.3) is 10.8 Å². The van der Waals surface area contributed by atoms with Crippen molar-refractivity contribution in [2.45, 2.75) is 4.90 Å². The Morgan fingerprint density at radius 3 is 2.18 bits per heavy atom. The van der Waals surface area contributed by atoms with Crippen molar-refractivity contribution < 1.29 is 75.6 Å². The maximum absolute atomic E-state index is 12.1. The monoisotopic (exact) mass is 467 g/mol. The van der Waals surface area contributed by atoms with Gasteiger partial charge in [-0.2, -0.15) is 10.2 Å². The average molecular weight is 468 g/mol. The van der Waals surface area contributed by atoms with Crippen LogP contribution in [-0.2, 0) is 27.5 Å². The van der Waals surface area contributed by atoms with Crippen LogP contribution in [-0.4, -0.2) is 18.4 Å². The zero-order chi connectivity index (χ0) is 18.2. The topological polar surface area (TPSA) is 158 Å². The van der Waals surface area contributed by atoms with Gasteiger partial charge in [0, 0.05) is 10.4 Å². The first-order valence-electron chi connectivity index (χ1n) is 6.84. The predicted molar refractivity (Wildman–Crippen MR) is 88.4 cm³/mol. The molecular weight excluding hydrogens is 459 g/mol. The van der Waals surface area contributed by atoms with Crippen molar-refractivity contribution in [3.05, 3.63) is 53.6 Å². The van der Waals surface area contributed by atoms with Crippen LogP contribution in [0.2, 0.25) is 5.02 Å². The Kier molecular flexibility index (Phi) is 10.1. The van der Waals surface area contributed by atoms with Gasteiger partial charge in [0.15, 0.2) is 0 Å². The van der Waals surface area contributed by atoms with Gasteiger partial charge in [0.25, 0.3) is 0 Å². The summed E-state index contributed by atoms with van der Waals surface area (Å²) in [5.41, 5.74) is -0.116. The van der Waals surface area contributed by atoms with E-state index in [2.05, 4.69) is 10.2 Å². The first kappa shape index (κ1) is 26.8. The maximum Gasteiger partial charge on any atom is 3.00 e. The molecule has 8 nitrogen and oxygen atoms in total. The fraction of sp³-hybridized carbons (Fsp3) is 0. The smallest absolute Gasteiger partial charge is 0.871 e. The van der Waals surface area contributed by atoms with Crippen molar-refractivity contribution in [1.82, 2.24) is 0 Å². The molecule has 0 amide bonds. The Bertz CT molecular complexity index is 1130. The van der Waals surface area contributed by atoms with Crippen LogP contribution in [0.5, 0.6) is 11.5 Å². The van der Waals surface area contributed by atoms with Crippen molar-refractivity contribution in [3.63, 3.8) is 0 Å². The number of azo groups is 1. The fourth-order valence-corrected chi connectivity index (χ4v) is 2.88. The molecule has 0 fully saturated rings. The summed E-state index contributed by atoms with van der Waals surface area (Å²) >= 11 is 5.80. The zero-order valence-corrected chi connectivity index (χ0v) is 19.0. The fourth-order valence-electron chi connectivity index (χ4n) is 2.20. The Labute approximate surface area is 198 Å². The Balaban J connectivity index is 0.00000243. The summed E-state index contributed by atoms with van der Waals surface area (Å²) in [6.07, 6.45) is 0. The van der Waals surface area contributed by atoms with Crippen LogP contribution in [0.1, 0.15) is 0 Å². The standard InChI is InChI=1S/C16H11ClN2O5S.Cr.Na.H2O/c17-10-2-6-14(20)13(8-10)18-19-16-12-4-3-11(25(22,23)24)7-9(12)1-5-15(16)21;;;/h1-8,20-21H,(H,22,23,24);;;1H2/q;+3;+1;/p-4. The van der Waals surface area contributed by atoms with E-state index in [9.17, 15) is 23.2 Å². The van der Waals surface area contributed by atoms with E-state index in [0.29, 0.717) is 15.8 Å². The van der Waals surface area contributed by atoms with Crippen LogP contribution in [0.15, 0.2) is 63.7 Å². The first-order valence-corrected chi connectivity index (χ1v) is 8.62. The van der Waals surface area contributed by atoms with Crippen molar-refractivity contribution in [2.75, 3.05) is 0 Å². The van der Waals surface area contributed by atoms with E-state index in [4.69, 9.17) is 11.6 Å². The minimum absolute atomic E-state index is 0. The largest absolute Gasteiger partial charge is 3.00 e. The number of fused-ring (bicyclic) bond motifs is 1. The van der Waals surface area contributed by atoms with Crippen molar-refractivity contribution in [2.24, 2.45) is 10.2 Å². The average Bonchev–Trinajstić information content (AvgIpc) is 2.55. The van der Waals surface area contributed by atoms with Gasteiger partial charge in [-0.3, -0.25) is 0 Å². The van der Waals surface area contributed by atoms with Crippen molar-refractivity contribution in [3.8, 4) is 11.5 Å². The molecule has 3 rings (SSSR count). The van der Waals surface area contributed by atoms with Crippen LogP contribution in [0, 0.1) is 0 Å². The number of hydrogen-bond acceptors (Lipinski definition) is 8. The number of benzene rings is 3. The van der Waals surface area contributed by atoms with Gasteiger partial charge in [0.2, 0.25) is 0 Å². The molecule has 0 atom stereocenters. The van der Waals surface area contributed by atoms with Crippen LogP contribution < -0.4 is 39.8 Å². The second-order valence-corrected chi connectivity index (χ2v) is 6.88. The first-order chi connectivity index (χ1) is 11.8. The second kappa shape index (κ2) is 10.5. The molecule has 28 heavy (non-hydrogen) atoms. The van der Waals surface area contributed by atoms with Gasteiger partial charge >= 0.3 is 46.9 Å². The molecule has 0 saturated carbocycles. The molecule has 3 aromatic rings. The predicted octanol–water partition coefficient (Wildman–Crippen LogP) is -0.215. The van der Waals surface area contributed by atoms with Gasteiger partial charge in [0.1, 0.15) is 10.1 Å². The van der Waals surface area contributed by atoms with Gasteiger partial charge in [-0.15, -0.1) is 0 Å². The molecule has 139 valence electrons. The summed E-state index contributed by atoms with van der Waals surface area (Å²) in [5.74, 6) is -0.885. The summed E-state index contributed by atoms with van der Waals surface area (Å²) < 4.78 is 33.3. The Hall–Kier alpha value is -1.19. The summed E-state index contributed by atoms with van der Waals surface area (Å²) in [6, 6.07) is 10.0. The number of hydrogen-bond donors (Lipinski definition) is 0. The summed E-state index contributed by atoms with van der Waals surface area (Å²) in [4.78, 5) is -0.418. The molecule has 1 radical (unpaired) electrons. The van der Waals surface area contributed by atoms with E-state index in [1.807, 2.05) is 0 Å². The third kappa shape index (κ3) is 5.90.